The first-order chi connectivity index (χ1) is 10.2. The van der Waals surface area contributed by atoms with Gasteiger partial charge in [-0.1, -0.05) is 50.0 Å². The fourth-order valence-corrected chi connectivity index (χ4v) is 2.96. The van der Waals surface area contributed by atoms with E-state index in [2.05, 4.69) is 4.98 Å². The summed E-state index contributed by atoms with van der Waals surface area (Å²) in [5.41, 5.74) is -0.0272. The summed E-state index contributed by atoms with van der Waals surface area (Å²) in [5, 5.41) is 1.00. The van der Waals surface area contributed by atoms with Crippen molar-refractivity contribution >= 4 is 52.5 Å². The van der Waals surface area contributed by atoms with E-state index in [9.17, 15) is 9.59 Å². The highest BCUT2D eigenvalue weighted by atomic mass is 35.5. The van der Waals surface area contributed by atoms with E-state index in [0.29, 0.717) is 24.8 Å². The SMILES string of the molecule is CC(C)(C)C(=O)/C=c1\[nH]c(=O)/c(=C\c2ccc(Cl)cc2Cl)s1. The highest BCUT2D eigenvalue weighted by Crippen LogP contribution is 2.21. The molecule has 0 amide bonds. The molecular formula is C16H15Cl2NO2S. The van der Waals surface area contributed by atoms with Crippen LogP contribution in [-0.4, -0.2) is 10.8 Å². The van der Waals surface area contributed by atoms with Crippen molar-refractivity contribution in [1.29, 1.82) is 0 Å². The van der Waals surface area contributed by atoms with Gasteiger partial charge in [-0.15, -0.1) is 11.3 Å². The van der Waals surface area contributed by atoms with Crippen LogP contribution in [0.3, 0.4) is 0 Å². The maximum absolute atomic E-state index is 12.0. The van der Waals surface area contributed by atoms with E-state index in [-0.39, 0.29) is 11.3 Å². The number of aromatic amines is 1. The third-order valence-corrected chi connectivity index (χ3v) is 4.46. The first-order valence-corrected chi connectivity index (χ1v) is 8.16. The molecule has 0 atom stereocenters. The molecule has 1 aromatic carbocycles. The number of aromatic nitrogens is 1. The molecule has 1 aromatic heterocycles. The number of hydrogen-bond acceptors (Lipinski definition) is 3. The molecule has 0 aliphatic carbocycles. The van der Waals surface area contributed by atoms with Gasteiger partial charge in [0.25, 0.3) is 5.56 Å². The van der Waals surface area contributed by atoms with Crippen LogP contribution in [0, 0.1) is 5.41 Å². The van der Waals surface area contributed by atoms with Crippen LogP contribution in [-0.2, 0) is 4.79 Å². The third kappa shape index (κ3) is 4.09. The van der Waals surface area contributed by atoms with Gasteiger partial charge in [0.2, 0.25) is 0 Å². The molecule has 2 aromatic rings. The van der Waals surface area contributed by atoms with Crippen LogP contribution < -0.4 is 14.8 Å². The fourth-order valence-electron chi connectivity index (χ4n) is 1.62. The topological polar surface area (TPSA) is 49.9 Å². The van der Waals surface area contributed by atoms with Crippen LogP contribution in [0.5, 0.6) is 0 Å². The molecule has 0 radical (unpaired) electrons. The van der Waals surface area contributed by atoms with Gasteiger partial charge in [0.05, 0.1) is 9.20 Å². The van der Waals surface area contributed by atoms with E-state index >= 15 is 0 Å². The number of H-pyrrole nitrogens is 1. The predicted molar refractivity (Wildman–Crippen MR) is 93.1 cm³/mol. The van der Waals surface area contributed by atoms with Crippen LogP contribution in [0.1, 0.15) is 26.3 Å². The van der Waals surface area contributed by atoms with Gasteiger partial charge in [-0.3, -0.25) is 9.59 Å². The molecule has 0 saturated heterocycles. The predicted octanol–water partition coefficient (Wildman–Crippen LogP) is 2.97. The summed E-state index contributed by atoms with van der Waals surface area (Å²) >= 11 is 13.2. The number of halogens is 2. The van der Waals surface area contributed by atoms with Crippen molar-refractivity contribution in [3.8, 4) is 0 Å². The number of benzene rings is 1. The van der Waals surface area contributed by atoms with Crippen molar-refractivity contribution in [3.63, 3.8) is 0 Å². The van der Waals surface area contributed by atoms with Crippen molar-refractivity contribution in [2.75, 3.05) is 0 Å². The minimum atomic E-state index is -0.482. The Kier molecular flexibility index (Phi) is 4.95. The van der Waals surface area contributed by atoms with E-state index in [1.807, 2.05) is 20.8 Å². The molecule has 3 nitrogen and oxygen atoms in total. The Morgan fingerprint density at radius 2 is 1.95 bits per heavy atom. The standard InChI is InChI=1S/C16H15Cl2NO2S/c1-16(2,3)13(20)8-14-19-15(21)12(22-14)6-9-4-5-10(17)7-11(9)18/h4-8H,1-3H3,(H,19,21)/b12-6+,14-8+. The Balaban J connectivity index is 2.51. The number of rotatable bonds is 2. The summed E-state index contributed by atoms with van der Waals surface area (Å²) < 4.78 is 1.01. The molecule has 0 spiro atoms. The first kappa shape index (κ1) is 17.0. The van der Waals surface area contributed by atoms with Crippen molar-refractivity contribution in [2.45, 2.75) is 20.8 Å². The van der Waals surface area contributed by atoms with E-state index in [0.717, 1.165) is 0 Å². The second kappa shape index (κ2) is 6.41. The van der Waals surface area contributed by atoms with E-state index in [4.69, 9.17) is 23.2 Å². The number of ketones is 1. The number of Topliss-reactive ketones (excluding diaryl/α,β-unsaturated/α-hetero) is 1. The molecule has 0 aliphatic heterocycles. The second-order valence-corrected chi connectivity index (χ2v) is 7.78. The van der Waals surface area contributed by atoms with Gasteiger partial charge in [-0.25, -0.2) is 0 Å². The van der Waals surface area contributed by atoms with Crippen LogP contribution >= 0.6 is 34.5 Å². The van der Waals surface area contributed by atoms with Crippen LogP contribution in [0.15, 0.2) is 23.0 Å². The van der Waals surface area contributed by atoms with Gasteiger partial charge in [0.1, 0.15) is 0 Å². The Morgan fingerprint density at radius 3 is 2.55 bits per heavy atom. The van der Waals surface area contributed by atoms with Crippen molar-refractivity contribution < 1.29 is 4.79 Å². The normalized spacial score (nSPS) is 13.7. The molecule has 0 bridgehead atoms. The van der Waals surface area contributed by atoms with Gasteiger partial charge in [0.15, 0.2) is 5.78 Å². The maximum Gasteiger partial charge on any atom is 0.266 e. The van der Waals surface area contributed by atoms with Gasteiger partial charge >= 0.3 is 0 Å². The van der Waals surface area contributed by atoms with Gasteiger partial charge in [-0.2, -0.15) is 0 Å². The summed E-state index contributed by atoms with van der Waals surface area (Å²) in [6.45, 7) is 5.49. The molecule has 0 fully saturated rings. The molecule has 116 valence electrons. The lowest BCUT2D eigenvalue weighted by molar-refractivity contribution is -0.119. The number of carbonyl (C=O) groups is 1. The highest BCUT2D eigenvalue weighted by molar-refractivity contribution is 7.07. The number of carbonyl (C=O) groups excluding carboxylic acids is 1. The smallest absolute Gasteiger partial charge is 0.266 e. The zero-order valence-corrected chi connectivity index (χ0v) is 14.7. The second-order valence-electron chi connectivity index (χ2n) is 5.85. The third-order valence-electron chi connectivity index (χ3n) is 2.93. The molecule has 0 saturated carbocycles. The summed E-state index contributed by atoms with van der Waals surface area (Å²) in [4.78, 5) is 26.6. The average Bonchev–Trinajstić information content (AvgIpc) is 2.72. The maximum atomic E-state index is 12.0. The van der Waals surface area contributed by atoms with Gasteiger partial charge in [0, 0.05) is 21.5 Å². The summed E-state index contributed by atoms with van der Waals surface area (Å²) in [5.74, 6) is -0.0407. The van der Waals surface area contributed by atoms with Crippen molar-refractivity contribution in [1.82, 2.24) is 4.98 Å². The lowest BCUT2D eigenvalue weighted by Crippen LogP contribution is -2.22. The van der Waals surface area contributed by atoms with E-state index in [1.165, 1.54) is 17.4 Å². The first-order valence-electron chi connectivity index (χ1n) is 6.59. The largest absolute Gasteiger partial charge is 0.313 e. The average molecular weight is 356 g/mol. The lowest BCUT2D eigenvalue weighted by Gasteiger charge is -2.12. The zero-order chi connectivity index (χ0) is 16.5. The molecule has 1 N–H and O–H groups in total. The minimum Gasteiger partial charge on any atom is -0.313 e. The Labute approximate surface area is 141 Å². The number of nitrogens with one attached hydrogen (secondary N) is 1. The summed E-state index contributed by atoms with van der Waals surface area (Å²) in [6.07, 6.45) is 3.15. The van der Waals surface area contributed by atoms with Crippen molar-refractivity contribution in [3.05, 3.63) is 53.4 Å². The van der Waals surface area contributed by atoms with Crippen LogP contribution in [0.2, 0.25) is 10.0 Å². The van der Waals surface area contributed by atoms with E-state index < -0.39 is 5.41 Å². The highest BCUT2D eigenvalue weighted by Gasteiger charge is 2.18. The quantitative estimate of drug-likeness (QED) is 0.900. The lowest BCUT2D eigenvalue weighted by atomic mass is 9.91. The van der Waals surface area contributed by atoms with Gasteiger partial charge < -0.3 is 4.98 Å². The number of hydrogen-bond donors (Lipinski definition) is 1. The van der Waals surface area contributed by atoms with Crippen LogP contribution in [0.25, 0.3) is 12.2 Å². The molecule has 0 aliphatic rings. The number of thiazole rings is 1. The minimum absolute atomic E-state index is 0.0407. The molecule has 1 heterocycles. The Bertz CT molecular complexity index is 888. The van der Waals surface area contributed by atoms with Gasteiger partial charge in [-0.05, 0) is 23.8 Å². The Morgan fingerprint density at radius 1 is 1.27 bits per heavy atom. The summed E-state index contributed by atoms with van der Waals surface area (Å²) in [7, 11) is 0. The van der Waals surface area contributed by atoms with E-state index in [1.54, 1.807) is 24.3 Å². The molecule has 2 rings (SSSR count). The summed E-state index contributed by atoms with van der Waals surface area (Å²) in [6, 6.07) is 5.07. The fraction of sp³-hybridized carbons (Fsp3) is 0.250. The zero-order valence-electron chi connectivity index (χ0n) is 12.4. The monoisotopic (exact) mass is 355 g/mol. The Hall–Kier alpha value is -1.36. The van der Waals surface area contributed by atoms with Crippen molar-refractivity contribution in [2.24, 2.45) is 5.41 Å². The molecular weight excluding hydrogens is 341 g/mol. The molecule has 6 heteroatoms. The molecule has 22 heavy (non-hydrogen) atoms. The van der Waals surface area contributed by atoms with Crippen LogP contribution in [0.4, 0.5) is 0 Å². The molecule has 0 unspecified atom stereocenters.